The number of piperazine rings is 1. The first kappa shape index (κ1) is 12.7. The number of halogens is 1. The average molecular weight is 253 g/mol. The SMILES string of the molecule is CCCC1CN(c2cccc(C)c2Cl)CCN1. The number of nitrogens with one attached hydrogen (secondary N) is 1. The van der Waals surface area contributed by atoms with E-state index in [2.05, 4.69) is 42.3 Å². The predicted molar refractivity (Wildman–Crippen MR) is 75.1 cm³/mol. The Kier molecular flexibility index (Phi) is 4.30. The lowest BCUT2D eigenvalue weighted by Gasteiger charge is -2.36. The maximum atomic E-state index is 6.39. The van der Waals surface area contributed by atoms with Crippen molar-refractivity contribution in [2.24, 2.45) is 0 Å². The van der Waals surface area contributed by atoms with Crippen LogP contribution in [0.1, 0.15) is 25.3 Å². The van der Waals surface area contributed by atoms with E-state index in [1.54, 1.807) is 0 Å². The van der Waals surface area contributed by atoms with E-state index in [0.29, 0.717) is 6.04 Å². The third-order valence-electron chi connectivity index (χ3n) is 3.40. The normalized spacial score (nSPS) is 20.6. The molecule has 0 radical (unpaired) electrons. The second-order valence-corrected chi connectivity index (χ2v) is 5.17. The molecule has 1 unspecified atom stereocenters. The maximum absolute atomic E-state index is 6.39. The van der Waals surface area contributed by atoms with Gasteiger partial charge in [-0.1, -0.05) is 37.1 Å². The van der Waals surface area contributed by atoms with E-state index in [1.165, 1.54) is 18.5 Å². The first-order valence-corrected chi connectivity index (χ1v) is 6.83. The Hall–Kier alpha value is -0.730. The summed E-state index contributed by atoms with van der Waals surface area (Å²) in [5.74, 6) is 0. The monoisotopic (exact) mass is 252 g/mol. The standard InChI is InChI=1S/C14H21ClN2/c1-3-5-12-10-17(9-8-16-12)13-7-4-6-11(2)14(13)15/h4,6-7,12,16H,3,5,8-10H2,1-2H3. The molecular formula is C14H21ClN2. The number of hydrogen-bond donors (Lipinski definition) is 1. The molecule has 0 aromatic heterocycles. The molecule has 0 amide bonds. The highest BCUT2D eigenvalue weighted by Crippen LogP contribution is 2.29. The molecule has 0 bridgehead atoms. The van der Waals surface area contributed by atoms with Crippen LogP contribution < -0.4 is 10.2 Å². The zero-order valence-corrected chi connectivity index (χ0v) is 11.4. The number of rotatable bonds is 3. The highest BCUT2D eigenvalue weighted by molar-refractivity contribution is 6.34. The number of hydrogen-bond acceptors (Lipinski definition) is 2. The molecule has 1 fully saturated rings. The van der Waals surface area contributed by atoms with E-state index >= 15 is 0 Å². The van der Waals surface area contributed by atoms with Gasteiger partial charge in [0, 0.05) is 25.7 Å². The van der Waals surface area contributed by atoms with Gasteiger partial charge in [0.25, 0.3) is 0 Å². The number of nitrogens with zero attached hydrogens (tertiary/aromatic N) is 1. The first-order chi connectivity index (χ1) is 8.22. The summed E-state index contributed by atoms with van der Waals surface area (Å²) in [6.07, 6.45) is 2.47. The van der Waals surface area contributed by atoms with E-state index in [0.717, 1.165) is 30.2 Å². The highest BCUT2D eigenvalue weighted by Gasteiger charge is 2.20. The quantitative estimate of drug-likeness (QED) is 0.889. The molecule has 94 valence electrons. The lowest BCUT2D eigenvalue weighted by atomic mass is 10.1. The Morgan fingerprint density at radius 1 is 1.47 bits per heavy atom. The van der Waals surface area contributed by atoms with E-state index < -0.39 is 0 Å². The molecule has 1 saturated heterocycles. The first-order valence-electron chi connectivity index (χ1n) is 6.45. The van der Waals surface area contributed by atoms with Crippen LogP contribution in [0.2, 0.25) is 5.02 Å². The summed E-state index contributed by atoms with van der Waals surface area (Å²) >= 11 is 6.39. The lowest BCUT2D eigenvalue weighted by Crippen LogP contribution is -2.50. The number of benzene rings is 1. The van der Waals surface area contributed by atoms with Crippen molar-refractivity contribution in [1.82, 2.24) is 5.32 Å². The second kappa shape index (κ2) is 5.74. The van der Waals surface area contributed by atoms with Crippen molar-refractivity contribution in [3.63, 3.8) is 0 Å². The summed E-state index contributed by atoms with van der Waals surface area (Å²) in [6.45, 7) is 7.47. The molecule has 1 aliphatic heterocycles. The van der Waals surface area contributed by atoms with Gasteiger partial charge in [-0.2, -0.15) is 0 Å². The van der Waals surface area contributed by atoms with Crippen molar-refractivity contribution in [2.75, 3.05) is 24.5 Å². The average Bonchev–Trinajstić information content (AvgIpc) is 2.33. The fraction of sp³-hybridized carbons (Fsp3) is 0.571. The predicted octanol–water partition coefficient (Wildman–Crippen LogP) is 3.23. The zero-order chi connectivity index (χ0) is 12.3. The molecule has 1 aromatic carbocycles. The Labute approximate surface area is 109 Å². The molecule has 1 N–H and O–H groups in total. The second-order valence-electron chi connectivity index (χ2n) is 4.79. The van der Waals surface area contributed by atoms with Gasteiger partial charge in [0.15, 0.2) is 0 Å². The smallest absolute Gasteiger partial charge is 0.0668 e. The van der Waals surface area contributed by atoms with Crippen LogP contribution >= 0.6 is 11.6 Å². The van der Waals surface area contributed by atoms with Crippen LogP contribution in [0.3, 0.4) is 0 Å². The van der Waals surface area contributed by atoms with Gasteiger partial charge < -0.3 is 10.2 Å². The molecule has 1 aromatic rings. The number of anilines is 1. The van der Waals surface area contributed by atoms with Gasteiger partial charge in [-0.25, -0.2) is 0 Å². The van der Waals surface area contributed by atoms with Crippen molar-refractivity contribution in [3.8, 4) is 0 Å². The van der Waals surface area contributed by atoms with E-state index in [-0.39, 0.29) is 0 Å². The summed E-state index contributed by atoms with van der Waals surface area (Å²) < 4.78 is 0. The molecule has 3 heteroatoms. The minimum Gasteiger partial charge on any atom is -0.367 e. The largest absolute Gasteiger partial charge is 0.367 e. The third-order valence-corrected chi connectivity index (χ3v) is 3.90. The Morgan fingerprint density at radius 2 is 2.29 bits per heavy atom. The van der Waals surface area contributed by atoms with Gasteiger partial charge in [0.2, 0.25) is 0 Å². The van der Waals surface area contributed by atoms with Crippen molar-refractivity contribution < 1.29 is 0 Å². The van der Waals surface area contributed by atoms with Gasteiger partial charge >= 0.3 is 0 Å². The molecule has 1 heterocycles. The van der Waals surface area contributed by atoms with E-state index in [9.17, 15) is 0 Å². The van der Waals surface area contributed by atoms with Crippen LogP contribution in [-0.2, 0) is 0 Å². The van der Waals surface area contributed by atoms with Gasteiger partial charge in [0.05, 0.1) is 10.7 Å². The molecule has 1 atom stereocenters. The molecule has 1 aliphatic rings. The van der Waals surface area contributed by atoms with Crippen LogP contribution in [-0.4, -0.2) is 25.7 Å². The van der Waals surface area contributed by atoms with Gasteiger partial charge in [-0.15, -0.1) is 0 Å². The summed E-state index contributed by atoms with van der Waals surface area (Å²) in [6, 6.07) is 6.89. The minimum absolute atomic E-state index is 0.602. The maximum Gasteiger partial charge on any atom is 0.0668 e. The molecule has 0 spiro atoms. The number of aryl methyl sites for hydroxylation is 1. The van der Waals surface area contributed by atoms with Crippen molar-refractivity contribution >= 4 is 17.3 Å². The van der Waals surface area contributed by atoms with Crippen molar-refractivity contribution in [1.29, 1.82) is 0 Å². The zero-order valence-electron chi connectivity index (χ0n) is 10.7. The van der Waals surface area contributed by atoms with Gasteiger partial charge in [0.1, 0.15) is 0 Å². The summed E-state index contributed by atoms with van der Waals surface area (Å²) in [7, 11) is 0. The highest BCUT2D eigenvalue weighted by atomic mass is 35.5. The molecule has 0 aliphatic carbocycles. The Balaban J connectivity index is 2.13. The van der Waals surface area contributed by atoms with Crippen LogP contribution in [0.5, 0.6) is 0 Å². The third kappa shape index (κ3) is 2.93. The molecule has 2 nitrogen and oxygen atoms in total. The van der Waals surface area contributed by atoms with Crippen LogP contribution in [0.4, 0.5) is 5.69 Å². The fourth-order valence-electron chi connectivity index (χ4n) is 2.46. The Bertz CT molecular complexity index is 376. The molecular weight excluding hydrogens is 232 g/mol. The minimum atomic E-state index is 0.602. The lowest BCUT2D eigenvalue weighted by molar-refractivity contribution is 0.431. The van der Waals surface area contributed by atoms with E-state index in [1.807, 2.05) is 0 Å². The fourth-order valence-corrected chi connectivity index (χ4v) is 2.71. The van der Waals surface area contributed by atoms with Crippen LogP contribution in [0.15, 0.2) is 18.2 Å². The summed E-state index contributed by atoms with van der Waals surface area (Å²) in [5, 5.41) is 4.48. The molecule has 0 saturated carbocycles. The topological polar surface area (TPSA) is 15.3 Å². The van der Waals surface area contributed by atoms with Crippen LogP contribution in [0, 0.1) is 6.92 Å². The molecule has 2 rings (SSSR count). The van der Waals surface area contributed by atoms with E-state index in [4.69, 9.17) is 11.6 Å². The molecule has 17 heavy (non-hydrogen) atoms. The summed E-state index contributed by atoms with van der Waals surface area (Å²) in [5.41, 5.74) is 2.35. The van der Waals surface area contributed by atoms with Crippen LogP contribution in [0.25, 0.3) is 0 Å². The Morgan fingerprint density at radius 3 is 3.06 bits per heavy atom. The van der Waals surface area contributed by atoms with Crippen molar-refractivity contribution in [2.45, 2.75) is 32.7 Å². The van der Waals surface area contributed by atoms with Gasteiger partial charge in [-0.05, 0) is 25.0 Å². The summed E-state index contributed by atoms with van der Waals surface area (Å²) in [4.78, 5) is 2.41. The van der Waals surface area contributed by atoms with Gasteiger partial charge in [-0.3, -0.25) is 0 Å². The van der Waals surface area contributed by atoms with Crippen molar-refractivity contribution in [3.05, 3.63) is 28.8 Å².